The third-order valence-corrected chi connectivity index (χ3v) is 4.67. The number of ether oxygens (including phenoxy) is 2. The van der Waals surface area contributed by atoms with E-state index in [0.29, 0.717) is 0 Å². The lowest BCUT2D eigenvalue weighted by molar-refractivity contribution is -0.125. The summed E-state index contributed by atoms with van der Waals surface area (Å²) >= 11 is 0. The Balaban J connectivity index is 1.62. The number of carbonyl (C=O) groups is 2. The molecule has 1 aromatic heterocycles. The van der Waals surface area contributed by atoms with Gasteiger partial charge in [-0.15, -0.1) is 0 Å². The monoisotopic (exact) mass is 407 g/mol. The lowest BCUT2D eigenvalue weighted by atomic mass is 10.0. The maximum atomic E-state index is 12.5. The number of hydrogen-bond acceptors (Lipinski definition) is 5. The van der Waals surface area contributed by atoms with Gasteiger partial charge in [0.2, 0.25) is 5.69 Å². The van der Waals surface area contributed by atoms with E-state index in [1.807, 2.05) is 68.4 Å². The molecule has 0 aliphatic carbocycles. The highest BCUT2D eigenvalue weighted by Crippen LogP contribution is 2.20. The summed E-state index contributed by atoms with van der Waals surface area (Å²) in [6.45, 7) is 3.59. The fraction of sp³-hybridized carbons (Fsp3) is 0.261. The van der Waals surface area contributed by atoms with Crippen LogP contribution < -0.4 is 10.1 Å². The molecule has 0 bridgehead atoms. The second kappa shape index (κ2) is 9.73. The Hall–Kier alpha value is -3.61. The zero-order valence-corrected chi connectivity index (χ0v) is 17.3. The van der Waals surface area contributed by atoms with Crippen molar-refractivity contribution in [2.45, 2.75) is 26.3 Å². The Bertz CT molecular complexity index is 997. The number of aromatic nitrogens is 2. The minimum absolute atomic E-state index is 0.0136. The fourth-order valence-electron chi connectivity index (χ4n) is 3.02. The van der Waals surface area contributed by atoms with Crippen LogP contribution in [0.3, 0.4) is 0 Å². The summed E-state index contributed by atoms with van der Waals surface area (Å²) in [5, 5.41) is 7.14. The van der Waals surface area contributed by atoms with Crippen molar-refractivity contribution in [2.24, 2.45) is 0 Å². The number of benzene rings is 2. The number of amides is 1. The predicted octanol–water partition coefficient (Wildman–Crippen LogP) is 3.61. The number of methoxy groups -OCH3 is 1. The van der Waals surface area contributed by atoms with E-state index in [1.54, 1.807) is 6.20 Å². The SMILES string of the molecule is CC[C@H](NC(=O)COC(=O)c1nn(-c2ccccc2)cc1OC)c1ccc(C)cc1. The average Bonchev–Trinajstić information content (AvgIpc) is 3.22. The van der Waals surface area contributed by atoms with Crippen LogP contribution in [-0.2, 0) is 9.53 Å². The number of nitrogens with one attached hydrogen (secondary N) is 1. The van der Waals surface area contributed by atoms with E-state index in [2.05, 4.69) is 10.4 Å². The number of carbonyl (C=O) groups excluding carboxylic acids is 2. The first-order valence-corrected chi connectivity index (χ1v) is 9.74. The van der Waals surface area contributed by atoms with E-state index in [0.717, 1.165) is 23.2 Å². The molecule has 0 radical (unpaired) electrons. The molecule has 3 rings (SSSR count). The van der Waals surface area contributed by atoms with Crippen LogP contribution in [0.15, 0.2) is 60.8 Å². The quantitative estimate of drug-likeness (QED) is 0.577. The molecule has 0 aliphatic heterocycles. The highest BCUT2D eigenvalue weighted by molar-refractivity contribution is 5.92. The molecule has 1 atom stereocenters. The summed E-state index contributed by atoms with van der Waals surface area (Å²) in [6.07, 6.45) is 2.31. The number of hydrogen-bond donors (Lipinski definition) is 1. The Kier molecular flexibility index (Phi) is 6.85. The number of para-hydroxylation sites is 1. The van der Waals surface area contributed by atoms with E-state index in [4.69, 9.17) is 9.47 Å². The van der Waals surface area contributed by atoms with Crippen LogP contribution >= 0.6 is 0 Å². The van der Waals surface area contributed by atoms with E-state index < -0.39 is 12.6 Å². The van der Waals surface area contributed by atoms with E-state index >= 15 is 0 Å². The molecule has 0 spiro atoms. The first kappa shape index (κ1) is 21.1. The van der Waals surface area contributed by atoms with Crippen LogP contribution in [0, 0.1) is 6.92 Å². The van der Waals surface area contributed by atoms with Crippen LogP contribution in [0.2, 0.25) is 0 Å². The molecule has 156 valence electrons. The Morgan fingerprint density at radius 2 is 1.80 bits per heavy atom. The van der Waals surface area contributed by atoms with Gasteiger partial charge in [-0.2, -0.15) is 5.10 Å². The molecule has 7 nitrogen and oxygen atoms in total. The maximum Gasteiger partial charge on any atom is 0.363 e. The lowest BCUT2D eigenvalue weighted by Crippen LogP contribution is -2.32. The molecule has 1 amide bonds. The summed E-state index contributed by atoms with van der Waals surface area (Å²) in [5.74, 6) is -0.826. The van der Waals surface area contributed by atoms with Crippen molar-refractivity contribution in [3.8, 4) is 11.4 Å². The van der Waals surface area contributed by atoms with Gasteiger partial charge in [-0.05, 0) is 31.0 Å². The Labute approximate surface area is 175 Å². The van der Waals surface area contributed by atoms with Crippen LogP contribution in [-0.4, -0.2) is 35.4 Å². The van der Waals surface area contributed by atoms with Crippen molar-refractivity contribution in [2.75, 3.05) is 13.7 Å². The zero-order valence-electron chi connectivity index (χ0n) is 17.3. The van der Waals surface area contributed by atoms with Gasteiger partial charge in [-0.1, -0.05) is 55.0 Å². The van der Waals surface area contributed by atoms with Crippen LogP contribution in [0.5, 0.6) is 5.75 Å². The molecule has 0 unspecified atom stereocenters. The third kappa shape index (κ3) is 5.05. The molecule has 1 heterocycles. The summed E-state index contributed by atoms with van der Waals surface area (Å²) in [5.41, 5.74) is 2.94. The molecule has 3 aromatic rings. The summed E-state index contributed by atoms with van der Waals surface area (Å²) in [4.78, 5) is 24.8. The van der Waals surface area contributed by atoms with Crippen LogP contribution in [0.1, 0.15) is 41.0 Å². The van der Waals surface area contributed by atoms with Crippen molar-refractivity contribution in [1.29, 1.82) is 0 Å². The van der Waals surface area contributed by atoms with Crippen LogP contribution in [0.25, 0.3) is 5.69 Å². The normalized spacial score (nSPS) is 11.6. The van der Waals surface area contributed by atoms with E-state index in [-0.39, 0.29) is 23.4 Å². The van der Waals surface area contributed by atoms with Crippen molar-refractivity contribution < 1.29 is 19.1 Å². The number of nitrogens with zero attached hydrogens (tertiary/aromatic N) is 2. The van der Waals surface area contributed by atoms with Gasteiger partial charge in [-0.3, -0.25) is 4.79 Å². The summed E-state index contributed by atoms with van der Waals surface area (Å²) in [6, 6.07) is 17.1. The first-order chi connectivity index (χ1) is 14.5. The van der Waals surface area contributed by atoms with Crippen molar-refractivity contribution in [3.05, 3.63) is 77.6 Å². The van der Waals surface area contributed by atoms with Crippen molar-refractivity contribution >= 4 is 11.9 Å². The number of rotatable bonds is 8. The molecule has 0 saturated carbocycles. The fourth-order valence-corrected chi connectivity index (χ4v) is 3.02. The van der Waals surface area contributed by atoms with Crippen LogP contribution in [0.4, 0.5) is 0 Å². The van der Waals surface area contributed by atoms with Gasteiger partial charge in [0.25, 0.3) is 5.91 Å². The van der Waals surface area contributed by atoms with Gasteiger partial charge in [0, 0.05) is 0 Å². The smallest absolute Gasteiger partial charge is 0.363 e. The standard InChI is InChI=1S/C23H25N3O4/c1-4-19(17-12-10-16(2)11-13-17)24-21(27)15-30-23(28)22-20(29-3)14-26(25-22)18-8-6-5-7-9-18/h5-14,19H,4,15H2,1-3H3,(H,24,27)/t19-/m0/s1. The second-order valence-corrected chi connectivity index (χ2v) is 6.84. The Morgan fingerprint density at radius 3 is 2.43 bits per heavy atom. The van der Waals surface area contributed by atoms with Crippen molar-refractivity contribution in [1.82, 2.24) is 15.1 Å². The zero-order chi connectivity index (χ0) is 21.5. The topological polar surface area (TPSA) is 82.5 Å². The van der Waals surface area contributed by atoms with E-state index in [9.17, 15) is 9.59 Å². The first-order valence-electron chi connectivity index (χ1n) is 9.74. The van der Waals surface area contributed by atoms with E-state index in [1.165, 1.54) is 11.8 Å². The highest BCUT2D eigenvalue weighted by Gasteiger charge is 2.21. The molecule has 2 aromatic carbocycles. The van der Waals surface area contributed by atoms with Gasteiger partial charge in [0.1, 0.15) is 0 Å². The van der Waals surface area contributed by atoms with Gasteiger partial charge in [-0.25, -0.2) is 9.48 Å². The average molecular weight is 407 g/mol. The molecular weight excluding hydrogens is 382 g/mol. The van der Waals surface area contributed by atoms with Crippen molar-refractivity contribution in [3.63, 3.8) is 0 Å². The minimum Gasteiger partial charge on any atom is -0.493 e. The predicted molar refractivity (Wildman–Crippen MR) is 113 cm³/mol. The molecule has 0 fully saturated rings. The molecule has 1 N–H and O–H groups in total. The molecule has 7 heteroatoms. The summed E-state index contributed by atoms with van der Waals surface area (Å²) < 4.78 is 11.9. The third-order valence-electron chi connectivity index (χ3n) is 4.67. The Morgan fingerprint density at radius 1 is 1.10 bits per heavy atom. The van der Waals surface area contributed by atoms with Gasteiger partial charge in [0.15, 0.2) is 12.4 Å². The highest BCUT2D eigenvalue weighted by atomic mass is 16.5. The summed E-state index contributed by atoms with van der Waals surface area (Å²) in [7, 11) is 1.45. The molecule has 0 saturated heterocycles. The largest absolute Gasteiger partial charge is 0.493 e. The van der Waals surface area contributed by atoms with Gasteiger partial charge < -0.3 is 14.8 Å². The van der Waals surface area contributed by atoms with Gasteiger partial charge in [0.05, 0.1) is 25.0 Å². The maximum absolute atomic E-state index is 12.5. The minimum atomic E-state index is -0.722. The molecule has 30 heavy (non-hydrogen) atoms. The molecule has 0 aliphatic rings. The van der Waals surface area contributed by atoms with Gasteiger partial charge >= 0.3 is 5.97 Å². The number of aryl methyl sites for hydroxylation is 1. The number of esters is 1. The second-order valence-electron chi connectivity index (χ2n) is 6.84. The molecular formula is C23H25N3O4. The lowest BCUT2D eigenvalue weighted by Gasteiger charge is -2.17.